The Morgan fingerprint density at radius 1 is 0.972 bits per heavy atom. The molecule has 36 heavy (non-hydrogen) atoms. The largest absolute Gasteiger partial charge is 0.458 e. The van der Waals surface area contributed by atoms with E-state index in [1.807, 2.05) is 30.3 Å². The highest BCUT2D eigenvalue weighted by molar-refractivity contribution is 5.89. The van der Waals surface area contributed by atoms with Gasteiger partial charge in [0.15, 0.2) is 0 Å². The summed E-state index contributed by atoms with van der Waals surface area (Å²) in [6, 6.07) is 9.49. The minimum Gasteiger partial charge on any atom is -0.458 e. The zero-order valence-electron chi connectivity index (χ0n) is 23.6. The van der Waals surface area contributed by atoms with Gasteiger partial charge >= 0.3 is 5.97 Å². The highest BCUT2D eigenvalue weighted by Crippen LogP contribution is 2.67. The average Bonchev–Trinajstić information content (AvgIpc) is 3.22. The van der Waals surface area contributed by atoms with Crippen molar-refractivity contribution in [2.45, 2.75) is 111 Å². The molecule has 1 unspecified atom stereocenters. The number of rotatable bonds is 7. The number of hydrogen-bond acceptors (Lipinski definition) is 2. The second kappa shape index (κ2) is 10.3. The predicted molar refractivity (Wildman–Crippen MR) is 149 cm³/mol. The Morgan fingerprint density at radius 2 is 1.75 bits per heavy atom. The van der Waals surface area contributed by atoms with Crippen molar-refractivity contribution in [3.05, 3.63) is 47.5 Å². The van der Waals surface area contributed by atoms with Crippen molar-refractivity contribution in [2.75, 3.05) is 0 Å². The lowest BCUT2D eigenvalue weighted by molar-refractivity contribution is -0.0594. The van der Waals surface area contributed by atoms with Crippen LogP contribution in [-0.4, -0.2) is 12.1 Å². The highest BCUT2D eigenvalue weighted by Gasteiger charge is 2.59. The maximum absolute atomic E-state index is 12.7. The highest BCUT2D eigenvalue weighted by atomic mass is 16.5. The Balaban J connectivity index is 1.25. The fourth-order valence-corrected chi connectivity index (χ4v) is 9.55. The van der Waals surface area contributed by atoms with Crippen LogP contribution < -0.4 is 0 Å². The Bertz CT molecular complexity index is 947. The Hall–Kier alpha value is -1.57. The average molecular weight is 491 g/mol. The van der Waals surface area contributed by atoms with E-state index in [1.165, 1.54) is 57.8 Å². The standard InChI is InChI=1S/C34H50O2/c1-23(2)10-9-11-24(3)29-16-17-30-28-15-14-26-22-27(36-32(35)25-12-7-6-8-13-25)18-20-33(26,4)31(28)19-21-34(29,30)5/h6-8,12-14,23-24,27-31H,9-11,15-22H2,1-5H3/t24-,27?,28-,29-,30+,31+,33-,34-/m1/s1. The number of carbonyl (C=O) groups is 1. The second-order valence-corrected chi connectivity index (χ2v) is 13.9. The Labute approximate surface area is 220 Å². The van der Waals surface area contributed by atoms with Crippen LogP contribution in [0.25, 0.3) is 0 Å². The summed E-state index contributed by atoms with van der Waals surface area (Å²) in [6.45, 7) is 12.6. The van der Waals surface area contributed by atoms with Crippen LogP contribution in [0.2, 0.25) is 0 Å². The van der Waals surface area contributed by atoms with Crippen LogP contribution in [0.15, 0.2) is 42.0 Å². The van der Waals surface area contributed by atoms with Gasteiger partial charge in [0.25, 0.3) is 0 Å². The summed E-state index contributed by atoms with van der Waals surface area (Å²) in [5, 5.41) is 0. The van der Waals surface area contributed by atoms with Gasteiger partial charge in [-0.05, 0) is 103 Å². The van der Waals surface area contributed by atoms with Crippen LogP contribution >= 0.6 is 0 Å². The van der Waals surface area contributed by atoms with Gasteiger partial charge < -0.3 is 4.74 Å². The van der Waals surface area contributed by atoms with Gasteiger partial charge in [-0.15, -0.1) is 0 Å². The van der Waals surface area contributed by atoms with Crippen molar-refractivity contribution in [3.8, 4) is 0 Å². The van der Waals surface area contributed by atoms with Crippen LogP contribution in [0.5, 0.6) is 0 Å². The van der Waals surface area contributed by atoms with Gasteiger partial charge in [-0.3, -0.25) is 0 Å². The number of benzene rings is 1. The van der Waals surface area contributed by atoms with Gasteiger partial charge in [-0.1, -0.05) is 83.7 Å². The van der Waals surface area contributed by atoms with E-state index in [0.717, 1.165) is 48.3 Å². The SMILES string of the molecule is CC(C)CCC[C@@H](C)[C@H]1CC[C@H]2[C@H]3CC=C4CC(OC(=O)c5ccccc5)CC[C@@]4(C)[C@H]3CC[C@]12C. The summed E-state index contributed by atoms with van der Waals surface area (Å²) in [4.78, 5) is 12.7. The summed E-state index contributed by atoms with van der Waals surface area (Å²) in [5.41, 5.74) is 3.12. The summed E-state index contributed by atoms with van der Waals surface area (Å²) >= 11 is 0. The summed E-state index contributed by atoms with van der Waals surface area (Å²) in [5.74, 6) is 5.03. The third kappa shape index (κ3) is 4.71. The summed E-state index contributed by atoms with van der Waals surface area (Å²) in [7, 11) is 0. The lowest BCUT2D eigenvalue weighted by Gasteiger charge is -2.58. The molecule has 5 rings (SSSR count). The molecule has 8 atom stereocenters. The molecule has 0 heterocycles. The molecule has 0 spiro atoms. The number of fused-ring (bicyclic) bond motifs is 5. The molecular weight excluding hydrogens is 440 g/mol. The zero-order chi connectivity index (χ0) is 25.5. The van der Waals surface area contributed by atoms with Gasteiger partial charge in [-0.2, -0.15) is 0 Å². The van der Waals surface area contributed by atoms with Gasteiger partial charge in [0.05, 0.1) is 5.56 Å². The van der Waals surface area contributed by atoms with Gasteiger partial charge in [0.1, 0.15) is 6.10 Å². The van der Waals surface area contributed by atoms with E-state index >= 15 is 0 Å². The van der Waals surface area contributed by atoms with Crippen molar-refractivity contribution in [3.63, 3.8) is 0 Å². The second-order valence-electron chi connectivity index (χ2n) is 13.9. The van der Waals surface area contributed by atoms with Crippen LogP contribution in [0.1, 0.15) is 116 Å². The smallest absolute Gasteiger partial charge is 0.338 e. The van der Waals surface area contributed by atoms with E-state index < -0.39 is 0 Å². The molecule has 0 N–H and O–H groups in total. The first-order valence-corrected chi connectivity index (χ1v) is 15.2. The van der Waals surface area contributed by atoms with E-state index in [-0.39, 0.29) is 12.1 Å². The molecule has 3 fully saturated rings. The lowest BCUT2D eigenvalue weighted by Crippen LogP contribution is -2.51. The molecule has 3 saturated carbocycles. The molecule has 4 aliphatic rings. The van der Waals surface area contributed by atoms with E-state index in [0.29, 0.717) is 16.4 Å². The molecule has 2 heteroatoms. The Kier molecular flexibility index (Phi) is 7.45. The van der Waals surface area contributed by atoms with E-state index in [9.17, 15) is 4.79 Å². The lowest BCUT2D eigenvalue weighted by atomic mass is 9.47. The monoisotopic (exact) mass is 490 g/mol. The third-order valence-electron chi connectivity index (χ3n) is 11.5. The molecule has 0 bridgehead atoms. The Morgan fingerprint density at radius 3 is 2.50 bits per heavy atom. The topological polar surface area (TPSA) is 26.3 Å². The molecule has 0 aromatic heterocycles. The first-order chi connectivity index (χ1) is 17.2. The van der Waals surface area contributed by atoms with Crippen LogP contribution in [0.3, 0.4) is 0 Å². The molecule has 1 aromatic carbocycles. The van der Waals surface area contributed by atoms with Crippen molar-refractivity contribution in [1.82, 2.24) is 0 Å². The van der Waals surface area contributed by atoms with Crippen LogP contribution in [-0.2, 0) is 4.74 Å². The maximum Gasteiger partial charge on any atom is 0.338 e. The van der Waals surface area contributed by atoms with Crippen molar-refractivity contribution >= 4 is 5.97 Å². The molecular formula is C34H50O2. The van der Waals surface area contributed by atoms with Gasteiger partial charge in [0.2, 0.25) is 0 Å². The fraction of sp³-hybridized carbons (Fsp3) is 0.735. The number of carbonyl (C=O) groups excluding carboxylic acids is 1. The zero-order valence-corrected chi connectivity index (χ0v) is 23.6. The quantitative estimate of drug-likeness (QED) is 0.281. The van der Waals surface area contributed by atoms with Gasteiger partial charge in [0, 0.05) is 6.42 Å². The maximum atomic E-state index is 12.7. The molecule has 0 saturated heterocycles. The number of ether oxygens (including phenoxy) is 1. The molecule has 198 valence electrons. The normalized spacial score (nSPS) is 38.5. The third-order valence-corrected chi connectivity index (χ3v) is 11.5. The van der Waals surface area contributed by atoms with Crippen LogP contribution in [0, 0.1) is 46.3 Å². The molecule has 0 amide bonds. The summed E-state index contributed by atoms with van der Waals surface area (Å²) in [6.07, 6.45) is 17.0. The number of hydrogen-bond donors (Lipinski definition) is 0. The minimum atomic E-state index is -0.161. The van der Waals surface area contributed by atoms with Crippen molar-refractivity contribution in [1.29, 1.82) is 0 Å². The predicted octanol–water partition coefficient (Wildman–Crippen LogP) is 9.25. The molecule has 0 aliphatic heterocycles. The minimum absolute atomic E-state index is 0.0324. The molecule has 1 aromatic rings. The first-order valence-electron chi connectivity index (χ1n) is 15.2. The summed E-state index contributed by atoms with van der Waals surface area (Å²) < 4.78 is 6.00. The number of allylic oxidation sites excluding steroid dienone is 1. The molecule has 2 nitrogen and oxygen atoms in total. The fourth-order valence-electron chi connectivity index (χ4n) is 9.55. The van der Waals surface area contributed by atoms with E-state index in [1.54, 1.807) is 5.57 Å². The van der Waals surface area contributed by atoms with Crippen LogP contribution in [0.4, 0.5) is 0 Å². The first kappa shape index (κ1) is 26.1. The number of esters is 1. The van der Waals surface area contributed by atoms with Gasteiger partial charge in [-0.25, -0.2) is 4.79 Å². The van der Waals surface area contributed by atoms with E-state index in [4.69, 9.17) is 4.74 Å². The van der Waals surface area contributed by atoms with Crippen molar-refractivity contribution in [2.24, 2.45) is 46.3 Å². The molecule has 4 aliphatic carbocycles. The van der Waals surface area contributed by atoms with Crippen molar-refractivity contribution < 1.29 is 9.53 Å². The van der Waals surface area contributed by atoms with E-state index in [2.05, 4.69) is 40.7 Å². The molecule has 0 radical (unpaired) electrons.